The Bertz CT molecular complexity index is 3580. The Hall–Kier alpha value is -7.94. The number of benzene rings is 11. The third-order valence-corrected chi connectivity index (χ3v) is 12.3. The molecule has 2 nitrogen and oxygen atoms in total. The number of aromatic nitrogens is 1. The van der Waals surface area contributed by atoms with Crippen molar-refractivity contribution in [3.63, 3.8) is 0 Å². The first-order valence-corrected chi connectivity index (χ1v) is 20.7. The molecule has 12 rings (SSSR count). The minimum atomic E-state index is 1.10. The summed E-state index contributed by atoms with van der Waals surface area (Å²) in [5.41, 5.74) is 11.7. The molecule has 1 aromatic heterocycles. The fraction of sp³-hybridized carbons (Fsp3) is 0. The fourth-order valence-electron chi connectivity index (χ4n) is 9.46. The van der Waals surface area contributed by atoms with Crippen molar-refractivity contribution in [2.75, 3.05) is 4.90 Å². The Kier molecular flexibility index (Phi) is 7.89. The van der Waals surface area contributed by atoms with E-state index in [1.807, 2.05) is 0 Å². The van der Waals surface area contributed by atoms with Crippen molar-refractivity contribution in [2.24, 2.45) is 0 Å². The quantitative estimate of drug-likeness (QED) is 0.153. The van der Waals surface area contributed by atoms with E-state index < -0.39 is 0 Å². The van der Waals surface area contributed by atoms with Crippen molar-refractivity contribution in [1.29, 1.82) is 0 Å². The molecule has 0 aliphatic carbocycles. The molecule has 0 saturated carbocycles. The zero-order chi connectivity index (χ0) is 39.6. The van der Waals surface area contributed by atoms with Crippen molar-refractivity contribution < 1.29 is 0 Å². The Labute approximate surface area is 348 Å². The molecule has 2 heteroatoms. The largest absolute Gasteiger partial charge is 0.310 e. The van der Waals surface area contributed by atoms with Gasteiger partial charge in [-0.3, -0.25) is 0 Å². The molecule has 0 radical (unpaired) electrons. The molecule has 0 atom stereocenters. The first-order chi connectivity index (χ1) is 29.7. The van der Waals surface area contributed by atoms with Gasteiger partial charge in [-0.25, -0.2) is 0 Å². The van der Waals surface area contributed by atoms with E-state index in [0.29, 0.717) is 0 Å². The van der Waals surface area contributed by atoms with Gasteiger partial charge in [-0.2, -0.15) is 0 Å². The van der Waals surface area contributed by atoms with Crippen molar-refractivity contribution in [2.45, 2.75) is 0 Å². The number of rotatable bonds is 6. The molecule has 0 spiro atoms. The van der Waals surface area contributed by atoms with Gasteiger partial charge < -0.3 is 9.47 Å². The first kappa shape index (κ1) is 34.1. The van der Waals surface area contributed by atoms with Crippen LogP contribution in [0.4, 0.5) is 17.1 Å². The van der Waals surface area contributed by atoms with Crippen LogP contribution in [0.15, 0.2) is 231 Å². The SMILES string of the molecule is c1ccc(-n2c3cc(-c4ccc(N(c5ccc(-c6cccc7ccccc67)cc5)c5ccc6c(ccc7ccccc76)c5)cc4)ccc3c3ccc4ccccc4c32)cc1. The minimum Gasteiger partial charge on any atom is -0.310 e. The zero-order valence-electron chi connectivity index (χ0n) is 32.8. The molecule has 0 N–H and O–H groups in total. The molecule has 0 unspecified atom stereocenters. The van der Waals surface area contributed by atoms with E-state index in [4.69, 9.17) is 0 Å². The molecule has 12 aromatic rings. The predicted octanol–water partition coefficient (Wildman–Crippen LogP) is 16.2. The molecule has 0 aliphatic heterocycles. The van der Waals surface area contributed by atoms with Gasteiger partial charge in [0.15, 0.2) is 0 Å². The Morgan fingerprint density at radius 2 is 0.800 bits per heavy atom. The first-order valence-electron chi connectivity index (χ1n) is 20.7. The molecule has 0 aliphatic rings. The highest BCUT2D eigenvalue weighted by Crippen LogP contribution is 2.42. The summed E-state index contributed by atoms with van der Waals surface area (Å²) in [7, 11) is 0. The lowest BCUT2D eigenvalue weighted by Crippen LogP contribution is -2.09. The van der Waals surface area contributed by atoms with E-state index in [1.165, 1.54) is 87.1 Å². The van der Waals surface area contributed by atoms with Crippen LogP contribution in [0.5, 0.6) is 0 Å². The maximum Gasteiger partial charge on any atom is 0.0619 e. The second-order valence-corrected chi connectivity index (χ2v) is 15.7. The molecule has 0 fully saturated rings. The summed E-state index contributed by atoms with van der Waals surface area (Å²) < 4.78 is 2.44. The van der Waals surface area contributed by atoms with Crippen molar-refractivity contribution in [3.8, 4) is 27.9 Å². The molecule has 0 bridgehead atoms. The average molecular weight is 763 g/mol. The van der Waals surface area contributed by atoms with Crippen LogP contribution in [0.25, 0.3) is 92.8 Å². The van der Waals surface area contributed by atoms with E-state index in [1.54, 1.807) is 0 Å². The van der Waals surface area contributed by atoms with Crippen molar-refractivity contribution in [1.82, 2.24) is 4.57 Å². The van der Waals surface area contributed by atoms with Crippen molar-refractivity contribution in [3.05, 3.63) is 231 Å². The van der Waals surface area contributed by atoms with Crippen molar-refractivity contribution >= 4 is 82.0 Å². The summed E-state index contributed by atoms with van der Waals surface area (Å²) in [5, 5.41) is 12.5. The standard InChI is InChI=1S/C58H38N2/c1-2-15-46(16-3-1)60-57-38-44(28-34-55(57)56-35-27-42-13-6-9-19-54(42)58(56)60)39-23-29-47(30-24-39)59(49-33-36-53-45(37-49)22-21-41-12-5-8-18-51(41)53)48-31-25-43(26-32-48)52-20-10-14-40-11-4-7-17-50(40)52/h1-38H. The number of anilines is 3. The second kappa shape index (κ2) is 13.9. The summed E-state index contributed by atoms with van der Waals surface area (Å²) in [5.74, 6) is 0. The highest BCUT2D eigenvalue weighted by Gasteiger charge is 2.18. The molecular formula is C58H38N2. The zero-order valence-corrected chi connectivity index (χ0v) is 32.8. The highest BCUT2D eigenvalue weighted by molar-refractivity contribution is 6.19. The van der Waals surface area contributed by atoms with E-state index >= 15 is 0 Å². The van der Waals surface area contributed by atoms with E-state index in [2.05, 4.69) is 240 Å². The molecule has 0 saturated heterocycles. The van der Waals surface area contributed by atoms with Crippen LogP contribution in [0, 0.1) is 0 Å². The van der Waals surface area contributed by atoms with Crippen LogP contribution in [0.1, 0.15) is 0 Å². The maximum absolute atomic E-state index is 2.44. The summed E-state index contributed by atoms with van der Waals surface area (Å²) in [6, 6.07) is 84.3. The molecule has 60 heavy (non-hydrogen) atoms. The Morgan fingerprint density at radius 1 is 0.283 bits per heavy atom. The van der Waals surface area contributed by atoms with Crippen LogP contribution in [0.3, 0.4) is 0 Å². The van der Waals surface area contributed by atoms with Gasteiger partial charge in [0.25, 0.3) is 0 Å². The van der Waals surface area contributed by atoms with Gasteiger partial charge in [-0.05, 0) is 115 Å². The molecule has 1 heterocycles. The number of nitrogens with zero attached hydrogens (tertiary/aromatic N) is 2. The lowest BCUT2D eigenvalue weighted by Gasteiger charge is -2.26. The van der Waals surface area contributed by atoms with E-state index in [0.717, 1.165) is 22.7 Å². The monoisotopic (exact) mass is 762 g/mol. The van der Waals surface area contributed by atoms with Crippen LogP contribution in [-0.2, 0) is 0 Å². The van der Waals surface area contributed by atoms with E-state index in [-0.39, 0.29) is 0 Å². The third kappa shape index (κ3) is 5.57. The number of hydrogen-bond donors (Lipinski definition) is 0. The lowest BCUT2D eigenvalue weighted by molar-refractivity contribution is 1.19. The average Bonchev–Trinajstić information content (AvgIpc) is 3.66. The minimum absolute atomic E-state index is 1.10. The van der Waals surface area contributed by atoms with Gasteiger partial charge in [0.1, 0.15) is 0 Å². The van der Waals surface area contributed by atoms with Gasteiger partial charge in [-0.1, -0.05) is 176 Å². The smallest absolute Gasteiger partial charge is 0.0619 e. The molecular weight excluding hydrogens is 725 g/mol. The Balaban J connectivity index is 0.984. The summed E-state index contributed by atoms with van der Waals surface area (Å²) in [4.78, 5) is 2.38. The fourth-order valence-corrected chi connectivity index (χ4v) is 9.46. The van der Waals surface area contributed by atoms with E-state index in [9.17, 15) is 0 Å². The van der Waals surface area contributed by atoms with Gasteiger partial charge in [-0.15, -0.1) is 0 Å². The maximum atomic E-state index is 2.44. The normalized spacial score (nSPS) is 11.7. The van der Waals surface area contributed by atoms with Gasteiger partial charge in [0, 0.05) is 38.9 Å². The van der Waals surface area contributed by atoms with Gasteiger partial charge in [0.2, 0.25) is 0 Å². The summed E-state index contributed by atoms with van der Waals surface area (Å²) in [6.45, 7) is 0. The third-order valence-electron chi connectivity index (χ3n) is 12.3. The van der Waals surface area contributed by atoms with Crippen LogP contribution in [0.2, 0.25) is 0 Å². The molecule has 0 amide bonds. The van der Waals surface area contributed by atoms with Crippen LogP contribution < -0.4 is 4.90 Å². The lowest BCUT2D eigenvalue weighted by atomic mass is 9.98. The number of hydrogen-bond acceptors (Lipinski definition) is 1. The highest BCUT2D eigenvalue weighted by atomic mass is 15.1. The topological polar surface area (TPSA) is 8.17 Å². The van der Waals surface area contributed by atoms with Gasteiger partial charge in [0.05, 0.1) is 11.0 Å². The number of fused-ring (bicyclic) bond motifs is 9. The summed E-state index contributed by atoms with van der Waals surface area (Å²) in [6.07, 6.45) is 0. The molecule has 280 valence electrons. The Morgan fingerprint density at radius 3 is 1.57 bits per heavy atom. The van der Waals surface area contributed by atoms with Crippen LogP contribution in [-0.4, -0.2) is 4.57 Å². The summed E-state index contributed by atoms with van der Waals surface area (Å²) >= 11 is 0. The molecule has 11 aromatic carbocycles. The second-order valence-electron chi connectivity index (χ2n) is 15.7. The predicted molar refractivity (Wildman–Crippen MR) is 256 cm³/mol. The van der Waals surface area contributed by atoms with Gasteiger partial charge >= 0.3 is 0 Å². The number of para-hydroxylation sites is 1. The van der Waals surface area contributed by atoms with Crippen LogP contribution >= 0.6 is 0 Å².